The van der Waals surface area contributed by atoms with Crippen LogP contribution in [0.1, 0.15) is 5.56 Å². The molecular formula is C19H17N3O4S. The van der Waals surface area contributed by atoms with Crippen LogP contribution in [0.5, 0.6) is 0 Å². The molecule has 0 aliphatic heterocycles. The third-order valence-electron chi connectivity index (χ3n) is 3.84. The number of para-hydroxylation sites is 1. The summed E-state index contributed by atoms with van der Waals surface area (Å²) in [5, 5.41) is 10.7. The number of hydrogen-bond donors (Lipinski definition) is 0. The molecule has 7 nitrogen and oxygen atoms in total. The Labute approximate surface area is 159 Å². The maximum Gasteiger partial charge on any atom is 0.272 e. The van der Waals surface area contributed by atoms with Gasteiger partial charge in [-0.3, -0.25) is 14.9 Å². The number of benzene rings is 2. The lowest BCUT2D eigenvalue weighted by Gasteiger charge is -2.03. The molecule has 0 saturated heterocycles. The van der Waals surface area contributed by atoms with Gasteiger partial charge in [0.25, 0.3) is 11.6 Å². The van der Waals surface area contributed by atoms with Gasteiger partial charge in [-0.2, -0.15) is 4.99 Å². The lowest BCUT2D eigenvalue weighted by Crippen LogP contribution is -2.18. The van der Waals surface area contributed by atoms with Gasteiger partial charge in [0.05, 0.1) is 21.7 Å². The van der Waals surface area contributed by atoms with Crippen LogP contribution in [0.25, 0.3) is 16.3 Å². The summed E-state index contributed by atoms with van der Waals surface area (Å²) in [5.74, 6) is -0.397. The van der Waals surface area contributed by atoms with Gasteiger partial charge in [-0.05, 0) is 35.9 Å². The van der Waals surface area contributed by atoms with Crippen molar-refractivity contribution in [3.05, 3.63) is 75.1 Å². The molecule has 0 atom stereocenters. The molecule has 138 valence electrons. The average molecular weight is 383 g/mol. The van der Waals surface area contributed by atoms with E-state index in [1.165, 1.54) is 29.5 Å². The minimum Gasteiger partial charge on any atom is -0.383 e. The summed E-state index contributed by atoms with van der Waals surface area (Å²) in [4.78, 5) is 27.3. The first-order chi connectivity index (χ1) is 13.1. The molecule has 0 saturated carbocycles. The van der Waals surface area contributed by atoms with Crippen molar-refractivity contribution in [2.24, 2.45) is 4.99 Å². The summed E-state index contributed by atoms with van der Waals surface area (Å²) in [6.07, 6.45) is 2.94. The van der Waals surface area contributed by atoms with Crippen molar-refractivity contribution in [2.75, 3.05) is 13.7 Å². The molecule has 0 spiro atoms. The van der Waals surface area contributed by atoms with Crippen LogP contribution >= 0.6 is 11.3 Å². The Balaban J connectivity index is 1.87. The van der Waals surface area contributed by atoms with Crippen molar-refractivity contribution >= 4 is 39.2 Å². The molecule has 1 amide bonds. The Bertz CT molecular complexity index is 1060. The topological polar surface area (TPSA) is 86.7 Å². The number of carbonyl (C=O) groups is 1. The van der Waals surface area contributed by atoms with Crippen molar-refractivity contribution in [3.8, 4) is 0 Å². The van der Waals surface area contributed by atoms with E-state index in [4.69, 9.17) is 4.74 Å². The largest absolute Gasteiger partial charge is 0.383 e. The number of ether oxygens (including phenoxy) is 1. The highest BCUT2D eigenvalue weighted by molar-refractivity contribution is 7.16. The molecule has 0 N–H and O–H groups in total. The van der Waals surface area contributed by atoms with Gasteiger partial charge in [-0.1, -0.05) is 23.5 Å². The molecular weight excluding hydrogens is 366 g/mol. The van der Waals surface area contributed by atoms with Crippen molar-refractivity contribution in [1.82, 2.24) is 4.57 Å². The lowest BCUT2D eigenvalue weighted by molar-refractivity contribution is -0.384. The second-order valence-electron chi connectivity index (χ2n) is 5.63. The SMILES string of the molecule is COCCn1c(=NC(=O)C=Cc2ccc([N+](=O)[O-])cc2)sc2ccccc21. The van der Waals surface area contributed by atoms with Gasteiger partial charge < -0.3 is 9.30 Å². The highest BCUT2D eigenvalue weighted by Gasteiger charge is 2.07. The predicted molar refractivity (Wildman–Crippen MR) is 104 cm³/mol. The Morgan fingerprint density at radius 3 is 2.70 bits per heavy atom. The molecule has 1 aromatic heterocycles. The number of thiazole rings is 1. The first kappa shape index (κ1) is 18.7. The fourth-order valence-electron chi connectivity index (χ4n) is 2.51. The lowest BCUT2D eigenvalue weighted by atomic mass is 10.2. The van der Waals surface area contributed by atoms with Crippen LogP contribution in [-0.4, -0.2) is 29.1 Å². The summed E-state index contributed by atoms with van der Waals surface area (Å²) in [6, 6.07) is 13.8. The van der Waals surface area contributed by atoms with Gasteiger partial charge in [-0.15, -0.1) is 0 Å². The number of rotatable bonds is 6. The van der Waals surface area contributed by atoms with Crippen LogP contribution in [0.15, 0.2) is 59.6 Å². The summed E-state index contributed by atoms with van der Waals surface area (Å²) in [7, 11) is 1.63. The van der Waals surface area contributed by atoms with Gasteiger partial charge in [0, 0.05) is 31.9 Å². The summed E-state index contributed by atoms with van der Waals surface area (Å²) < 4.78 is 8.15. The van der Waals surface area contributed by atoms with Crippen molar-refractivity contribution in [1.29, 1.82) is 0 Å². The van der Waals surface area contributed by atoms with E-state index in [-0.39, 0.29) is 5.69 Å². The van der Waals surface area contributed by atoms with Crippen LogP contribution in [0.4, 0.5) is 5.69 Å². The van der Waals surface area contributed by atoms with Gasteiger partial charge >= 0.3 is 0 Å². The normalized spacial score (nSPS) is 12.1. The fourth-order valence-corrected chi connectivity index (χ4v) is 3.57. The average Bonchev–Trinajstić information content (AvgIpc) is 3.02. The molecule has 0 radical (unpaired) electrons. The summed E-state index contributed by atoms with van der Waals surface area (Å²) >= 11 is 1.44. The highest BCUT2D eigenvalue weighted by atomic mass is 32.1. The minimum atomic E-state index is -0.464. The number of methoxy groups -OCH3 is 1. The van der Waals surface area contributed by atoms with Crippen LogP contribution < -0.4 is 4.80 Å². The van der Waals surface area contributed by atoms with Gasteiger partial charge in [0.15, 0.2) is 4.80 Å². The fraction of sp³-hybridized carbons (Fsp3) is 0.158. The molecule has 1 heterocycles. The molecule has 0 fully saturated rings. The molecule has 3 aromatic rings. The predicted octanol–water partition coefficient (Wildman–Crippen LogP) is 3.40. The number of nitro benzene ring substituents is 1. The van der Waals surface area contributed by atoms with E-state index in [1.807, 2.05) is 28.8 Å². The quantitative estimate of drug-likeness (QED) is 0.371. The standard InChI is InChI=1S/C19H17N3O4S/c1-26-13-12-21-16-4-2-3-5-17(16)27-19(21)20-18(23)11-8-14-6-9-15(10-7-14)22(24)25/h2-11H,12-13H2,1H3. The second-order valence-corrected chi connectivity index (χ2v) is 6.64. The number of nitro groups is 1. The Morgan fingerprint density at radius 2 is 2.00 bits per heavy atom. The van der Waals surface area contributed by atoms with Crippen LogP contribution in [0, 0.1) is 10.1 Å². The molecule has 3 rings (SSSR count). The summed E-state index contributed by atoms with van der Waals surface area (Å²) in [6.45, 7) is 1.11. The zero-order valence-corrected chi connectivity index (χ0v) is 15.4. The van der Waals surface area contributed by atoms with Crippen molar-refractivity contribution in [3.63, 3.8) is 0 Å². The number of hydrogen-bond acceptors (Lipinski definition) is 5. The number of non-ortho nitro benzene ring substituents is 1. The van der Waals surface area contributed by atoms with E-state index in [0.29, 0.717) is 23.5 Å². The molecule has 0 aliphatic carbocycles. The number of aromatic nitrogens is 1. The monoisotopic (exact) mass is 383 g/mol. The molecule has 0 aliphatic rings. The first-order valence-corrected chi connectivity index (χ1v) is 8.98. The number of carbonyl (C=O) groups excluding carboxylic acids is 1. The molecule has 0 unspecified atom stereocenters. The third kappa shape index (κ3) is 4.55. The number of amides is 1. The van der Waals surface area contributed by atoms with Crippen molar-refractivity contribution in [2.45, 2.75) is 6.54 Å². The summed E-state index contributed by atoms with van der Waals surface area (Å²) in [5.41, 5.74) is 1.70. The Hall–Kier alpha value is -3.10. The van der Waals surface area contributed by atoms with E-state index >= 15 is 0 Å². The van der Waals surface area contributed by atoms with E-state index in [9.17, 15) is 14.9 Å². The molecule has 2 aromatic carbocycles. The van der Waals surface area contributed by atoms with Gasteiger partial charge in [0.2, 0.25) is 0 Å². The van der Waals surface area contributed by atoms with Crippen LogP contribution in [0.3, 0.4) is 0 Å². The van der Waals surface area contributed by atoms with E-state index < -0.39 is 10.8 Å². The zero-order chi connectivity index (χ0) is 19.2. The molecule has 27 heavy (non-hydrogen) atoms. The highest BCUT2D eigenvalue weighted by Crippen LogP contribution is 2.17. The number of nitrogens with zero attached hydrogens (tertiary/aromatic N) is 3. The van der Waals surface area contributed by atoms with Gasteiger partial charge in [0.1, 0.15) is 0 Å². The third-order valence-corrected chi connectivity index (χ3v) is 4.89. The van der Waals surface area contributed by atoms with Gasteiger partial charge in [-0.25, -0.2) is 0 Å². The Morgan fingerprint density at radius 1 is 1.26 bits per heavy atom. The first-order valence-electron chi connectivity index (χ1n) is 8.17. The maximum atomic E-state index is 12.3. The molecule has 8 heteroatoms. The van der Waals surface area contributed by atoms with Crippen molar-refractivity contribution < 1.29 is 14.5 Å². The zero-order valence-electron chi connectivity index (χ0n) is 14.6. The van der Waals surface area contributed by atoms with E-state index in [2.05, 4.69) is 4.99 Å². The minimum absolute atomic E-state index is 0.00706. The van der Waals surface area contributed by atoms with Crippen LogP contribution in [0.2, 0.25) is 0 Å². The van der Waals surface area contributed by atoms with E-state index in [0.717, 1.165) is 10.2 Å². The Kier molecular flexibility index (Phi) is 5.90. The maximum absolute atomic E-state index is 12.3. The number of fused-ring (bicyclic) bond motifs is 1. The smallest absolute Gasteiger partial charge is 0.272 e. The second kappa shape index (κ2) is 8.52. The molecule has 0 bridgehead atoms. The van der Waals surface area contributed by atoms with E-state index in [1.54, 1.807) is 25.3 Å². The van der Waals surface area contributed by atoms with Crippen LogP contribution in [-0.2, 0) is 16.1 Å².